The molecule has 15 heavy (non-hydrogen) atoms. The van der Waals surface area contributed by atoms with Gasteiger partial charge in [-0.25, -0.2) is 0 Å². The molecule has 0 aromatic carbocycles. The third-order valence-electron chi connectivity index (χ3n) is 3.18. The molecule has 2 heteroatoms. The Morgan fingerprint density at radius 3 is 2.80 bits per heavy atom. The minimum absolute atomic E-state index is 0.658. The zero-order chi connectivity index (χ0) is 10.7. The second kappa shape index (κ2) is 4.67. The first-order valence-corrected chi connectivity index (χ1v) is 6.81. The molecule has 1 aromatic heterocycles. The molecule has 1 heterocycles. The Kier molecular flexibility index (Phi) is 3.47. The molecule has 1 nitrogen and oxygen atoms in total. The van der Waals surface area contributed by atoms with Crippen LogP contribution in [0.5, 0.6) is 0 Å². The van der Waals surface area contributed by atoms with Crippen molar-refractivity contribution in [1.82, 2.24) is 5.32 Å². The van der Waals surface area contributed by atoms with Crippen molar-refractivity contribution in [2.45, 2.75) is 39.7 Å². The van der Waals surface area contributed by atoms with Crippen LogP contribution in [0, 0.1) is 11.3 Å². The highest BCUT2D eigenvalue weighted by Crippen LogP contribution is 2.50. The summed E-state index contributed by atoms with van der Waals surface area (Å²) in [6, 6.07) is 4.34. The fourth-order valence-electron chi connectivity index (χ4n) is 2.36. The fourth-order valence-corrected chi connectivity index (χ4v) is 3.03. The smallest absolute Gasteiger partial charge is 0.0299 e. The van der Waals surface area contributed by atoms with Crippen molar-refractivity contribution in [2.24, 2.45) is 11.3 Å². The van der Waals surface area contributed by atoms with E-state index in [1.807, 2.05) is 11.3 Å². The number of nitrogens with one attached hydrogen (secondary N) is 1. The molecule has 1 aromatic rings. The predicted molar refractivity (Wildman–Crippen MR) is 67.1 cm³/mol. The molecular formula is C13H21NS. The van der Waals surface area contributed by atoms with Crippen LogP contribution >= 0.6 is 11.3 Å². The molecule has 0 bridgehead atoms. The highest BCUT2D eigenvalue weighted by Gasteiger charge is 2.41. The number of thiophene rings is 1. The Labute approximate surface area is 96.9 Å². The molecule has 0 spiro atoms. The first kappa shape index (κ1) is 11.2. The first-order valence-electron chi connectivity index (χ1n) is 5.93. The number of rotatable bonds is 6. The maximum atomic E-state index is 3.61. The molecule has 1 fully saturated rings. The van der Waals surface area contributed by atoms with Crippen LogP contribution in [0.15, 0.2) is 17.5 Å². The lowest BCUT2D eigenvalue weighted by Gasteiger charge is -2.17. The van der Waals surface area contributed by atoms with E-state index in [-0.39, 0.29) is 0 Å². The SMILES string of the molecule is CC(C)CC1(CNCc2cccs2)CC1. The average molecular weight is 223 g/mol. The molecular weight excluding hydrogens is 202 g/mol. The van der Waals surface area contributed by atoms with Gasteiger partial charge in [0.05, 0.1) is 0 Å². The summed E-state index contributed by atoms with van der Waals surface area (Å²) in [6.07, 6.45) is 4.26. The molecule has 0 aliphatic heterocycles. The topological polar surface area (TPSA) is 12.0 Å². The summed E-state index contributed by atoms with van der Waals surface area (Å²) < 4.78 is 0. The van der Waals surface area contributed by atoms with Gasteiger partial charge >= 0.3 is 0 Å². The van der Waals surface area contributed by atoms with E-state index in [9.17, 15) is 0 Å². The second-order valence-electron chi connectivity index (χ2n) is 5.28. The van der Waals surface area contributed by atoms with Crippen LogP contribution < -0.4 is 5.32 Å². The van der Waals surface area contributed by atoms with Gasteiger partial charge < -0.3 is 5.32 Å². The third-order valence-corrected chi connectivity index (χ3v) is 4.05. The maximum absolute atomic E-state index is 3.61. The van der Waals surface area contributed by atoms with Gasteiger partial charge in [0.15, 0.2) is 0 Å². The molecule has 0 unspecified atom stereocenters. The van der Waals surface area contributed by atoms with Crippen molar-refractivity contribution in [3.8, 4) is 0 Å². The second-order valence-corrected chi connectivity index (χ2v) is 6.31. The standard InChI is InChI=1S/C13H21NS/c1-11(2)8-13(5-6-13)10-14-9-12-4-3-7-15-12/h3-4,7,11,14H,5-6,8-10H2,1-2H3. The van der Waals surface area contributed by atoms with Gasteiger partial charge in [0.2, 0.25) is 0 Å². The quantitative estimate of drug-likeness (QED) is 0.776. The normalized spacial score (nSPS) is 18.3. The van der Waals surface area contributed by atoms with E-state index in [4.69, 9.17) is 0 Å². The van der Waals surface area contributed by atoms with E-state index in [1.54, 1.807) is 0 Å². The fraction of sp³-hybridized carbons (Fsp3) is 0.692. The largest absolute Gasteiger partial charge is 0.311 e. The third kappa shape index (κ3) is 3.32. The summed E-state index contributed by atoms with van der Waals surface area (Å²) in [4.78, 5) is 1.45. The molecule has 0 atom stereocenters. The Morgan fingerprint density at radius 2 is 2.27 bits per heavy atom. The molecule has 1 saturated carbocycles. The highest BCUT2D eigenvalue weighted by atomic mass is 32.1. The van der Waals surface area contributed by atoms with Crippen molar-refractivity contribution in [1.29, 1.82) is 0 Å². The van der Waals surface area contributed by atoms with E-state index in [2.05, 4.69) is 36.7 Å². The molecule has 84 valence electrons. The summed E-state index contributed by atoms with van der Waals surface area (Å²) >= 11 is 1.85. The molecule has 0 amide bonds. The maximum Gasteiger partial charge on any atom is 0.0299 e. The van der Waals surface area contributed by atoms with Gasteiger partial charge in [-0.15, -0.1) is 11.3 Å². The van der Waals surface area contributed by atoms with Crippen LogP contribution in [0.1, 0.15) is 38.0 Å². The van der Waals surface area contributed by atoms with E-state index < -0.39 is 0 Å². The van der Waals surface area contributed by atoms with Gasteiger partial charge in [-0.1, -0.05) is 19.9 Å². The summed E-state index contributed by atoms with van der Waals surface area (Å²) in [7, 11) is 0. The van der Waals surface area contributed by atoms with Gasteiger partial charge in [0.1, 0.15) is 0 Å². The average Bonchev–Trinajstić information content (AvgIpc) is 2.74. The van der Waals surface area contributed by atoms with E-state index in [1.165, 1.54) is 30.7 Å². The van der Waals surface area contributed by atoms with Gasteiger partial charge in [-0.05, 0) is 42.0 Å². The molecule has 1 aliphatic carbocycles. The zero-order valence-corrected chi connectivity index (χ0v) is 10.6. The first-order chi connectivity index (χ1) is 7.20. The lowest BCUT2D eigenvalue weighted by molar-refractivity contribution is 0.367. The minimum Gasteiger partial charge on any atom is -0.311 e. The highest BCUT2D eigenvalue weighted by molar-refractivity contribution is 7.09. The predicted octanol–water partition coefficient (Wildman–Crippen LogP) is 3.66. The Balaban J connectivity index is 1.70. The van der Waals surface area contributed by atoms with E-state index in [0.717, 1.165) is 12.5 Å². The lowest BCUT2D eigenvalue weighted by Crippen LogP contribution is -2.24. The summed E-state index contributed by atoms with van der Waals surface area (Å²) in [5.41, 5.74) is 0.658. The van der Waals surface area contributed by atoms with E-state index >= 15 is 0 Å². The van der Waals surface area contributed by atoms with Crippen LogP contribution in [0.4, 0.5) is 0 Å². The van der Waals surface area contributed by atoms with Gasteiger partial charge in [0.25, 0.3) is 0 Å². The summed E-state index contributed by atoms with van der Waals surface area (Å²) in [6.45, 7) is 6.93. The van der Waals surface area contributed by atoms with Crippen molar-refractivity contribution in [2.75, 3.05) is 6.54 Å². The molecule has 0 radical (unpaired) electrons. The van der Waals surface area contributed by atoms with Crippen molar-refractivity contribution < 1.29 is 0 Å². The lowest BCUT2D eigenvalue weighted by atomic mass is 9.94. The summed E-state index contributed by atoms with van der Waals surface area (Å²) in [5, 5.41) is 5.76. The van der Waals surface area contributed by atoms with Gasteiger partial charge in [0, 0.05) is 18.0 Å². The van der Waals surface area contributed by atoms with E-state index in [0.29, 0.717) is 5.41 Å². The van der Waals surface area contributed by atoms with Gasteiger partial charge in [-0.3, -0.25) is 0 Å². The zero-order valence-electron chi connectivity index (χ0n) is 9.75. The Hall–Kier alpha value is -0.340. The van der Waals surface area contributed by atoms with Gasteiger partial charge in [-0.2, -0.15) is 0 Å². The van der Waals surface area contributed by atoms with Crippen LogP contribution in [0.3, 0.4) is 0 Å². The van der Waals surface area contributed by atoms with Crippen molar-refractivity contribution >= 4 is 11.3 Å². The molecule has 1 N–H and O–H groups in total. The molecule has 0 saturated heterocycles. The monoisotopic (exact) mass is 223 g/mol. The van der Waals surface area contributed by atoms with Crippen LogP contribution in [0.2, 0.25) is 0 Å². The van der Waals surface area contributed by atoms with Crippen LogP contribution in [-0.2, 0) is 6.54 Å². The Bertz CT molecular complexity index is 285. The molecule has 2 rings (SSSR count). The summed E-state index contributed by atoms with van der Waals surface area (Å²) in [5.74, 6) is 0.844. The van der Waals surface area contributed by atoms with Crippen molar-refractivity contribution in [3.63, 3.8) is 0 Å². The number of hydrogen-bond acceptors (Lipinski definition) is 2. The van der Waals surface area contributed by atoms with Crippen molar-refractivity contribution in [3.05, 3.63) is 22.4 Å². The number of hydrogen-bond donors (Lipinski definition) is 1. The van der Waals surface area contributed by atoms with Crippen LogP contribution in [-0.4, -0.2) is 6.54 Å². The van der Waals surface area contributed by atoms with Crippen LogP contribution in [0.25, 0.3) is 0 Å². The molecule has 1 aliphatic rings. The Morgan fingerprint density at radius 1 is 1.47 bits per heavy atom. The minimum atomic E-state index is 0.658.